The maximum absolute atomic E-state index is 9.82. The Kier molecular flexibility index (Phi) is 2.37. The molecule has 0 spiro atoms. The molecule has 1 N–H and O–H groups in total. The number of fused-ring (bicyclic) bond motifs is 1. The van der Waals surface area contributed by atoms with Crippen molar-refractivity contribution in [2.75, 3.05) is 0 Å². The number of benzene rings is 1. The molecule has 0 amide bonds. The van der Waals surface area contributed by atoms with Gasteiger partial charge >= 0.3 is 0 Å². The summed E-state index contributed by atoms with van der Waals surface area (Å²) in [5, 5.41) is 22.8. The lowest BCUT2D eigenvalue weighted by Crippen LogP contribution is -1.88. The molecule has 5 nitrogen and oxygen atoms in total. The van der Waals surface area contributed by atoms with Crippen molar-refractivity contribution in [1.82, 2.24) is 19.8 Å². The first-order valence-corrected chi connectivity index (χ1v) is 6.44. The molecule has 0 aliphatic heterocycles. The first-order valence-electron chi connectivity index (χ1n) is 4.83. The lowest BCUT2D eigenvalue weighted by atomic mass is 10.2. The number of hydrogen-bond donors (Lipinski definition) is 1. The molecule has 0 unspecified atom stereocenters. The van der Waals surface area contributed by atoms with Gasteiger partial charge in [0.25, 0.3) is 0 Å². The van der Waals surface area contributed by atoms with Crippen molar-refractivity contribution in [2.24, 2.45) is 0 Å². The number of rotatable bonds is 1. The maximum atomic E-state index is 9.82. The van der Waals surface area contributed by atoms with Gasteiger partial charge in [0.05, 0.1) is 5.56 Å². The highest BCUT2D eigenvalue weighted by molar-refractivity contribution is 9.10. The fraction of sp³-hybridized carbons (Fsp3) is 0.100. The quantitative estimate of drug-likeness (QED) is 0.750. The summed E-state index contributed by atoms with van der Waals surface area (Å²) in [6, 6.07) is 5.25. The normalized spacial score (nSPS) is 11.2. The van der Waals surface area contributed by atoms with Crippen molar-refractivity contribution < 1.29 is 5.11 Å². The van der Waals surface area contributed by atoms with Crippen LogP contribution >= 0.6 is 27.3 Å². The smallest absolute Gasteiger partial charge is 0.234 e. The second kappa shape index (κ2) is 3.78. The van der Waals surface area contributed by atoms with Crippen LogP contribution in [-0.2, 0) is 0 Å². The van der Waals surface area contributed by atoms with E-state index in [9.17, 15) is 5.11 Å². The molecule has 0 radical (unpaired) electrons. The molecule has 0 saturated heterocycles. The third-order valence-corrected chi connectivity index (χ3v) is 3.76. The molecule has 7 heteroatoms. The monoisotopic (exact) mass is 310 g/mol. The van der Waals surface area contributed by atoms with Gasteiger partial charge < -0.3 is 5.11 Å². The summed E-state index contributed by atoms with van der Waals surface area (Å²) < 4.78 is 2.56. The molecule has 3 aromatic rings. The molecule has 86 valence electrons. The fourth-order valence-corrected chi connectivity index (χ4v) is 2.77. The van der Waals surface area contributed by atoms with Gasteiger partial charge in [0.15, 0.2) is 10.8 Å². The number of phenolic OH excluding ortho intramolecular Hbond substituents is 1. The molecule has 0 saturated carbocycles. The number of aryl methyl sites for hydroxylation is 1. The van der Waals surface area contributed by atoms with Crippen molar-refractivity contribution in [2.45, 2.75) is 6.92 Å². The molecule has 0 bridgehead atoms. The Morgan fingerprint density at radius 3 is 2.94 bits per heavy atom. The molecule has 0 aliphatic carbocycles. The summed E-state index contributed by atoms with van der Waals surface area (Å²) in [5.74, 6) is 0.938. The summed E-state index contributed by atoms with van der Waals surface area (Å²) in [4.78, 5) is 0.719. The average molecular weight is 311 g/mol. The second-order valence-electron chi connectivity index (χ2n) is 3.51. The number of nitrogens with zero attached hydrogens (tertiary/aromatic N) is 4. The van der Waals surface area contributed by atoms with Crippen LogP contribution in [-0.4, -0.2) is 24.9 Å². The van der Waals surface area contributed by atoms with Gasteiger partial charge in [-0.15, -0.1) is 10.2 Å². The highest BCUT2D eigenvalue weighted by Crippen LogP contribution is 2.34. The summed E-state index contributed by atoms with van der Waals surface area (Å²) in [5.41, 5.74) is 0.689. The van der Waals surface area contributed by atoms with Crippen LogP contribution in [0, 0.1) is 6.92 Å². The van der Waals surface area contributed by atoms with Gasteiger partial charge in [-0.2, -0.15) is 9.61 Å². The minimum Gasteiger partial charge on any atom is -0.507 e. The molecular formula is C10H7BrN4OS. The van der Waals surface area contributed by atoms with Crippen LogP contribution in [0.4, 0.5) is 0 Å². The zero-order valence-electron chi connectivity index (χ0n) is 8.75. The van der Waals surface area contributed by atoms with E-state index in [1.54, 1.807) is 16.6 Å². The predicted octanol–water partition coefficient (Wildman–Crippen LogP) is 2.63. The number of aromatic nitrogens is 4. The molecule has 17 heavy (non-hydrogen) atoms. The highest BCUT2D eigenvalue weighted by atomic mass is 79.9. The van der Waals surface area contributed by atoms with Gasteiger partial charge in [-0.25, -0.2) is 0 Å². The minimum absolute atomic E-state index is 0.204. The Balaban J connectivity index is 2.23. The molecular weight excluding hydrogens is 304 g/mol. The Morgan fingerprint density at radius 1 is 1.35 bits per heavy atom. The minimum atomic E-state index is 0.204. The van der Waals surface area contributed by atoms with Gasteiger partial charge in [-0.1, -0.05) is 27.3 Å². The standard InChI is InChI=1S/C10H7BrN4OS/c1-5-12-13-10-15(5)14-9(17-10)7-4-6(11)2-3-8(7)16/h2-4,16H,1H3. The van der Waals surface area contributed by atoms with Gasteiger partial charge in [0.1, 0.15) is 5.75 Å². The number of hydrogen-bond acceptors (Lipinski definition) is 5. The number of aromatic hydroxyl groups is 1. The van der Waals surface area contributed by atoms with Crippen molar-refractivity contribution in [1.29, 1.82) is 0 Å². The van der Waals surface area contributed by atoms with E-state index in [0.717, 1.165) is 20.3 Å². The van der Waals surface area contributed by atoms with Crippen molar-refractivity contribution >= 4 is 32.2 Å². The average Bonchev–Trinajstić information content (AvgIpc) is 2.85. The summed E-state index contributed by atoms with van der Waals surface area (Å²) in [6.45, 7) is 1.84. The first-order chi connectivity index (χ1) is 8.15. The Hall–Kier alpha value is -1.47. The van der Waals surface area contributed by atoms with E-state index >= 15 is 0 Å². The molecule has 3 rings (SSSR count). The highest BCUT2D eigenvalue weighted by Gasteiger charge is 2.13. The first kappa shape index (κ1) is 10.7. The molecule has 2 aromatic heterocycles. The molecule has 0 aliphatic rings. The van der Waals surface area contributed by atoms with E-state index in [1.165, 1.54) is 11.3 Å². The largest absolute Gasteiger partial charge is 0.507 e. The Morgan fingerprint density at radius 2 is 2.18 bits per heavy atom. The van der Waals surface area contributed by atoms with Crippen LogP contribution in [0.15, 0.2) is 22.7 Å². The third kappa shape index (κ3) is 1.71. The lowest BCUT2D eigenvalue weighted by molar-refractivity contribution is 0.477. The lowest BCUT2D eigenvalue weighted by Gasteiger charge is -2.00. The van der Waals surface area contributed by atoms with Crippen molar-refractivity contribution in [3.05, 3.63) is 28.5 Å². The Bertz CT molecular complexity index is 705. The van der Waals surface area contributed by atoms with E-state index in [4.69, 9.17) is 0 Å². The molecule has 1 aromatic carbocycles. The summed E-state index contributed by atoms with van der Waals surface area (Å²) in [6.07, 6.45) is 0. The fourth-order valence-electron chi connectivity index (χ4n) is 1.50. The van der Waals surface area contributed by atoms with E-state index in [-0.39, 0.29) is 5.75 Å². The van der Waals surface area contributed by atoms with Crippen LogP contribution in [0.1, 0.15) is 5.82 Å². The van der Waals surface area contributed by atoms with E-state index in [2.05, 4.69) is 31.2 Å². The molecule has 0 fully saturated rings. The number of phenols is 1. The van der Waals surface area contributed by atoms with Crippen LogP contribution in [0.5, 0.6) is 5.75 Å². The topological polar surface area (TPSA) is 63.3 Å². The van der Waals surface area contributed by atoms with E-state index in [0.29, 0.717) is 5.56 Å². The zero-order chi connectivity index (χ0) is 12.0. The van der Waals surface area contributed by atoms with E-state index < -0.39 is 0 Å². The van der Waals surface area contributed by atoms with Crippen LogP contribution in [0.25, 0.3) is 15.5 Å². The van der Waals surface area contributed by atoms with Crippen LogP contribution in [0.2, 0.25) is 0 Å². The van der Waals surface area contributed by atoms with Crippen molar-refractivity contribution in [3.63, 3.8) is 0 Å². The third-order valence-electron chi connectivity index (χ3n) is 2.34. The maximum Gasteiger partial charge on any atom is 0.234 e. The SMILES string of the molecule is Cc1nnc2sc(-c3cc(Br)ccc3O)nn12. The van der Waals surface area contributed by atoms with E-state index in [1.807, 2.05) is 13.0 Å². The van der Waals surface area contributed by atoms with Crippen LogP contribution < -0.4 is 0 Å². The predicted molar refractivity (Wildman–Crippen MR) is 68.2 cm³/mol. The van der Waals surface area contributed by atoms with Gasteiger partial charge in [0, 0.05) is 4.47 Å². The van der Waals surface area contributed by atoms with Crippen molar-refractivity contribution in [3.8, 4) is 16.3 Å². The van der Waals surface area contributed by atoms with Gasteiger partial charge in [-0.3, -0.25) is 0 Å². The van der Waals surface area contributed by atoms with Gasteiger partial charge in [-0.05, 0) is 25.1 Å². The van der Waals surface area contributed by atoms with Crippen LogP contribution in [0.3, 0.4) is 0 Å². The molecule has 0 atom stereocenters. The summed E-state index contributed by atoms with van der Waals surface area (Å²) in [7, 11) is 0. The Labute approximate surface area is 109 Å². The van der Waals surface area contributed by atoms with Gasteiger partial charge in [0.2, 0.25) is 4.96 Å². The second-order valence-corrected chi connectivity index (χ2v) is 5.38. The zero-order valence-corrected chi connectivity index (χ0v) is 11.2. The molecule has 2 heterocycles. The number of halogens is 1. The summed E-state index contributed by atoms with van der Waals surface area (Å²) >= 11 is 4.77.